The number of nitrogens with zero attached hydrogens (tertiary/aromatic N) is 1. The summed E-state index contributed by atoms with van der Waals surface area (Å²) >= 11 is 0. The molecule has 1 aromatic heterocycles. The molecule has 9 heteroatoms. The Morgan fingerprint density at radius 3 is 2.63 bits per heavy atom. The highest BCUT2D eigenvalue weighted by molar-refractivity contribution is 7.89. The Bertz CT molecular complexity index is 1080. The summed E-state index contributed by atoms with van der Waals surface area (Å²) in [4.78, 5) is 28.8. The van der Waals surface area contributed by atoms with Gasteiger partial charge in [-0.2, -0.15) is 0 Å². The number of ether oxygens (including phenoxy) is 2. The van der Waals surface area contributed by atoms with Crippen LogP contribution in [0.5, 0.6) is 0 Å². The van der Waals surface area contributed by atoms with Gasteiger partial charge in [-0.05, 0) is 26.0 Å². The van der Waals surface area contributed by atoms with Crippen molar-refractivity contribution in [1.29, 1.82) is 0 Å². The number of nitrogens with one attached hydrogen (secondary N) is 1. The van der Waals surface area contributed by atoms with E-state index in [1.165, 1.54) is 13.8 Å². The summed E-state index contributed by atoms with van der Waals surface area (Å²) in [5.41, 5.74) is -0.730. The molecule has 0 fully saturated rings. The maximum atomic E-state index is 12.9. The highest BCUT2D eigenvalue weighted by atomic mass is 32.2. The lowest BCUT2D eigenvalue weighted by Crippen LogP contribution is -2.33. The molecule has 2 aromatic rings. The van der Waals surface area contributed by atoms with Crippen LogP contribution < -0.4 is 4.72 Å². The number of hydrogen-bond acceptors (Lipinski definition) is 7. The van der Waals surface area contributed by atoms with E-state index in [4.69, 9.17) is 9.47 Å². The molecule has 3 rings (SSSR count). The largest absolute Gasteiger partial charge is 0.454 e. The van der Waals surface area contributed by atoms with Gasteiger partial charge < -0.3 is 9.47 Å². The van der Waals surface area contributed by atoms with E-state index in [1.54, 1.807) is 18.2 Å². The molecule has 1 unspecified atom stereocenters. The van der Waals surface area contributed by atoms with Gasteiger partial charge in [0.15, 0.2) is 0 Å². The maximum absolute atomic E-state index is 12.9. The smallest absolute Gasteiger partial charge is 0.308 e. The minimum absolute atomic E-state index is 0.244. The van der Waals surface area contributed by atoms with Gasteiger partial charge in [0.2, 0.25) is 21.4 Å². The molecule has 2 heterocycles. The van der Waals surface area contributed by atoms with Gasteiger partial charge in [0, 0.05) is 12.3 Å². The van der Waals surface area contributed by atoms with Crippen LogP contribution >= 0.6 is 0 Å². The number of benzene rings is 1. The Balaban J connectivity index is 2.06. The highest BCUT2D eigenvalue weighted by Crippen LogP contribution is 2.38. The lowest BCUT2D eigenvalue weighted by Gasteiger charge is -2.23. The molecule has 1 atom stereocenters. The first-order chi connectivity index (χ1) is 12.7. The van der Waals surface area contributed by atoms with Crippen molar-refractivity contribution in [2.24, 2.45) is 0 Å². The first-order valence-corrected chi connectivity index (χ1v) is 9.85. The lowest BCUT2D eigenvalue weighted by molar-refractivity contribution is -0.142. The SMILES string of the molecule is CCS(=O)(=O)NC1=C(OC(C)=O)C(=O)C(C)(c2ccc3ccccc3n2)O1. The fraction of sp³-hybridized carbons (Fsp3) is 0.278. The second kappa shape index (κ2) is 6.66. The standard InChI is InChI=1S/C18H18N2O6S/c1-4-27(23,24)20-17-15(25-11(2)21)16(22)18(3,26-17)14-10-9-12-7-5-6-8-13(12)19-14/h5-10,20H,4H2,1-3H3. The molecule has 0 radical (unpaired) electrons. The number of rotatable bonds is 5. The van der Waals surface area contributed by atoms with Crippen molar-refractivity contribution in [2.75, 3.05) is 5.75 Å². The first-order valence-electron chi connectivity index (χ1n) is 8.19. The van der Waals surface area contributed by atoms with Gasteiger partial charge in [0.05, 0.1) is 17.0 Å². The van der Waals surface area contributed by atoms with Crippen molar-refractivity contribution in [2.45, 2.75) is 26.4 Å². The van der Waals surface area contributed by atoms with Gasteiger partial charge in [-0.15, -0.1) is 0 Å². The van der Waals surface area contributed by atoms with Gasteiger partial charge in [-0.1, -0.05) is 24.3 Å². The molecule has 8 nitrogen and oxygen atoms in total. The summed E-state index contributed by atoms with van der Waals surface area (Å²) < 4.78 is 36.6. The highest BCUT2D eigenvalue weighted by Gasteiger charge is 2.51. The minimum atomic E-state index is -3.76. The molecule has 1 N–H and O–H groups in total. The quantitative estimate of drug-likeness (QED) is 0.774. The molecular weight excluding hydrogens is 372 g/mol. The summed E-state index contributed by atoms with van der Waals surface area (Å²) in [6.45, 7) is 3.98. The third kappa shape index (κ3) is 3.50. The maximum Gasteiger partial charge on any atom is 0.308 e. The molecular formula is C18H18N2O6S. The van der Waals surface area contributed by atoms with Gasteiger partial charge in [-0.25, -0.2) is 13.4 Å². The number of carbonyl (C=O) groups excluding carboxylic acids is 2. The summed E-state index contributed by atoms with van der Waals surface area (Å²) in [6, 6.07) is 10.7. The molecule has 0 bridgehead atoms. The number of carbonyl (C=O) groups is 2. The fourth-order valence-electron chi connectivity index (χ4n) is 2.63. The van der Waals surface area contributed by atoms with Crippen LogP contribution in [-0.2, 0) is 34.7 Å². The molecule has 0 aliphatic carbocycles. The number of pyridine rings is 1. The predicted molar refractivity (Wildman–Crippen MR) is 96.6 cm³/mol. The molecule has 142 valence electrons. The molecule has 1 aromatic carbocycles. The molecule has 0 saturated heterocycles. The van der Waals surface area contributed by atoms with Gasteiger partial charge in [-0.3, -0.25) is 14.3 Å². The van der Waals surface area contributed by atoms with E-state index < -0.39 is 39.0 Å². The van der Waals surface area contributed by atoms with Crippen molar-refractivity contribution >= 4 is 32.7 Å². The second-order valence-electron chi connectivity index (χ2n) is 6.11. The molecule has 0 amide bonds. The summed E-state index contributed by atoms with van der Waals surface area (Å²) in [6.07, 6.45) is 0. The van der Waals surface area contributed by atoms with E-state index in [0.717, 1.165) is 12.3 Å². The molecule has 1 aliphatic rings. The monoisotopic (exact) mass is 390 g/mol. The van der Waals surface area contributed by atoms with E-state index in [-0.39, 0.29) is 11.4 Å². The number of para-hydroxylation sites is 1. The van der Waals surface area contributed by atoms with Gasteiger partial charge >= 0.3 is 5.97 Å². The Labute approximate surface area is 156 Å². The van der Waals surface area contributed by atoms with E-state index in [2.05, 4.69) is 9.71 Å². The van der Waals surface area contributed by atoms with Gasteiger partial charge in [0.25, 0.3) is 11.7 Å². The number of sulfonamides is 1. The Kier molecular flexibility index (Phi) is 4.64. The Morgan fingerprint density at radius 2 is 1.96 bits per heavy atom. The van der Waals surface area contributed by atoms with E-state index in [0.29, 0.717) is 5.52 Å². The van der Waals surface area contributed by atoms with E-state index in [1.807, 2.05) is 18.2 Å². The van der Waals surface area contributed by atoms with E-state index >= 15 is 0 Å². The number of fused-ring (bicyclic) bond motifs is 1. The van der Waals surface area contributed by atoms with Crippen molar-refractivity contribution in [3.63, 3.8) is 0 Å². The predicted octanol–water partition coefficient (Wildman–Crippen LogP) is 1.72. The second-order valence-corrected chi connectivity index (χ2v) is 8.12. The van der Waals surface area contributed by atoms with Crippen LogP contribution in [0.3, 0.4) is 0 Å². The average molecular weight is 390 g/mol. The van der Waals surface area contributed by atoms with Crippen LogP contribution in [0.25, 0.3) is 10.9 Å². The topological polar surface area (TPSA) is 112 Å². The summed E-state index contributed by atoms with van der Waals surface area (Å²) in [5.74, 6) is -2.63. The zero-order valence-electron chi connectivity index (χ0n) is 15.0. The minimum Gasteiger partial charge on any atom is -0.454 e. The summed E-state index contributed by atoms with van der Waals surface area (Å²) in [5, 5.41) is 0.871. The number of Topliss-reactive ketones (excluding diaryl/α,β-unsaturated/α-hetero) is 1. The van der Waals surface area contributed by atoms with Crippen LogP contribution in [0.15, 0.2) is 48.0 Å². The number of aromatic nitrogens is 1. The van der Waals surface area contributed by atoms with Crippen LogP contribution in [0.1, 0.15) is 26.5 Å². The fourth-order valence-corrected chi connectivity index (χ4v) is 3.20. The third-order valence-electron chi connectivity index (χ3n) is 4.11. The van der Waals surface area contributed by atoms with Crippen molar-refractivity contribution in [3.05, 3.63) is 53.7 Å². The van der Waals surface area contributed by atoms with Crippen molar-refractivity contribution in [3.8, 4) is 0 Å². The van der Waals surface area contributed by atoms with Crippen molar-refractivity contribution in [1.82, 2.24) is 9.71 Å². The average Bonchev–Trinajstić information content (AvgIpc) is 2.86. The summed E-state index contributed by atoms with van der Waals surface area (Å²) in [7, 11) is -3.76. The van der Waals surface area contributed by atoms with Crippen molar-refractivity contribution < 1.29 is 27.5 Å². The number of ketones is 1. The zero-order valence-corrected chi connectivity index (χ0v) is 15.8. The first kappa shape index (κ1) is 18.8. The third-order valence-corrected chi connectivity index (χ3v) is 5.37. The lowest BCUT2D eigenvalue weighted by atomic mass is 9.95. The molecule has 1 aliphatic heterocycles. The number of esters is 1. The Morgan fingerprint density at radius 1 is 1.26 bits per heavy atom. The zero-order chi connectivity index (χ0) is 19.8. The van der Waals surface area contributed by atoms with Crippen LogP contribution in [0.2, 0.25) is 0 Å². The van der Waals surface area contributed by atoms with Crippen LogP contribution in [0.4, 0.5) is 0 Å². The van der Waals surface area contributed by atoms with E-state index in [9.17, 15) is 18.0 Å². The van der Waals surface area contributed by atoms with Crippen LogP contribution in [-0.4, -0.2) is 30.9 Å². The molecule has 0 spiro atoms. The van der Waals surface area contributed by atoms with Crippen LogP contribution in [0, 0.1) is 0 Å². The normalized spacial score (nSPS) is 19.9. The number of hydrogen-bond donors (Lipinski definition) is 1. The Hall–Kier alpha value is -2.94. The molecule has 27 heavy (non-hydrogen) atoms. The molecule has 0 saturated carbocycles. The van der Waals surface area contributed by atoms with Gasteiger partial charge in [0.1, 0.15) is 0 Å².